The van der Waals surface area contributed by atoms with Crippen LogP contribution in [0.3, 0.4) is 0 Å². The largest absolute Gasteiger partial charge is 0.411 e. The van der Waals surface area contributed by atoms with Gasteiger partial charge in [-0.2, -0.15) is 0 Å². The van der Waals surface area contributed by atoms with Crippen molar-refractivity contribution < 1.29 is 14.8 Å². The quantitative estimate of drug-likeness (QED) is 0.548. The van der Waals surface area contributed by atoms with Crippen LogP contribution in [0.1, 0.15) is 65.2 Å². The Morgan fingerprint density at radius 3 is 2.72 bits per heavy atom. The van der Waals surface area contributed by atoms with Gasteiger partial charge in [-0.15, -0.1) is 0 Å². The molecule has 1 heterocycles. The number of fused-ring (bicyclic) bond motifs is 5. The van der Waals surface area contributed by atoms with E-state index in [1.54, 1.807) is 0 Å². The third kappa shape index (κ3) is 2.89. The first kappa shape index (κ1) is 19.3. The Balaban J connectivity index is 1.44. The van der Waals surface area contributed by atoms with Crippen LogP contribution in [-0.4, -0.2) is 41.6 Å². The summed E-state index contributed by atoms with van der Waals surface area (Å²) in [6.07, 6.45) is 9.77. The maximum absolute atomic E-state index is 12.6. The number of hydrogen-bond acceptors (Lipinski definition) is 6. The number of nitrogens with zero attached hydrogens (tertiary/aromatic N) is 2. The second kappa shape index (κ2) is 6.93. The lowest BCUT2D eigenvalue weighted by Gasteiger charge is -2.56. The molecule has 0 aromatic heterocycles. The number of oxime groups is 2. The number of hydrogen-bond donors (Lipinski definition) is 2. The summed E-state index contributed by atoms with van der Waals surface area (Å²) in [4.78, 5) is 18.4. The number of carbonyl (C=O) groups excluding carboxylic acids is 1. The summed E-state index contributed by atoms with van der Waals surface area (Å²) in [5.74, 6) is 1.86. The van der Waals surface area contributed by atoms with Crippen LogP contribution in [0.15, 0.2) is 22.0 Å². The summed E-state index contributed by atoms with van der Waals surface area (Å²) in [5.41, 5.74) is 2.73. The average Bonchev–Trinajstić information content (AvgIpc) is 3.34. The molecule has 6 atom stereocenters. The number of nitrogens with one attached hydrogen (secondary N) is 1. The van der Waals surface area contributed by atoms with Crippen molar-refractivity contribution in [2.24, 2.45) is 38.9 Å². The van der Waals surface area contributed by atoms with Gasteiger partial charge in [0.05, 0.1) is 11.4 Å². The van der Waals surface area contributed by atoms with E-state index in [1.165, 1.54) is 0 Å². The summed E-state index contributed by atoms with van der Waals surface area (Å²) in [6, 6.07) is 0. The van der Waals surface area contributed by atoms with Crippen LogP contribution in [0.4, 0.5) is 0 Å². The van der Waals surface area contributed by atoms with Crippen molar-refractivity contribution in [2.45, 2.75) is 71.3 Å². The molecule has 2 N–H and O–H groups in total. The van der Waals surface area contributed by atoms with Gasteiger partial charge in [0, 0.05) is 24.8 Å². The number of rotatable bonds is 2. The zero-order valence-electron chi connectivity index (χ0n) is 17.6. The molecule has 29 heavy (non-hydrogen) atoms. The third-order valence-electron chi connectivity index (χ3n) is 8.99. The van der Waals surface area contributed by atoms with Crippen LogP contribution in [0.5, 0.6) is 0 Å². The monoisotopic (exact) mass is 399 g/mol. The van der Waals surface area contributed by atoms with Crippen LogP contribution < -0.4 is 5.32 Å². The van der Waals surface area contributed by atoms with Gasteiger partial charge >= 0.3 is 0 Å². The lowest BCUT2D eigenvalue weighted by molar-refractivity contribution is -0.131. The van der Waals surface area contributed by atoms with Crippen LogP contribution in [0.2, 0.25) is 0 Å². The molecule has 4 fully saturated rings. The molecule has 0 spiro atoms. The van der Waals surface area contributed by atoms with Crippen LogP contribution in [0.25, 0.3) is 0 Å². The van der Waals surface area contributed by atoms with E-state index in [0.717, 1.165) is 81.5 Å². The lowest BCUT2D eigenvalue weighted by Crippen LogP contribution is -2.53. The van der Waals surface area contributed by atoms with Gasteiger partial charge in [-0.1, -0.05) is 24.2 Å². The Morgan fingerprint density at radius 2 is 1.97 bits per heavy atom. The number of carbonyl (C=O) groups is 1. The maximum atomic E-state index is 12.6. The second-order valence-corrected chi connectivity index (χ2v) is 10.3. The second-order valence-electron chi connectivity index (χ2n) is 10.3. The molecule has 0 aromatic carbocycles. The highest BCUT2D eigenvalue weighted by atomic mass is 16.6. The van der Waals surface area contributed by atoms with E-state index < -0.39 is 0 Å². The van der Waals surface area contributed by atoms with Gasteiger partial charge < -0.3 is 15.4 Å². The van der Waals surface area contributed by atoms with Crippen LogP contribution in [0, 0.1) is 28.6 Å². The molecule has 0 bridgehead atoms. The van der Waals surface area contributed by atoms with E-state index in [9.17, 15) is 10.0 Å². The lowest BCUT2D eigenvalue weighted by atomic mass is 9.47. The molecule has 0 aromatic rings. The Labute approximate surface area is 172 Å². The van der Waals surface area contributed by atoms with E-state index >= 15 is 0 Å². The molecular weight excluding hydrogens is 366 g/mol. The highest BCUT2D eigenvalue weighted by Crippen LogP contribution is 2.63. The maximum Gasteiger partial charge on any atom is 0.141 e. The summed E-state index contributed by atoms with van der Waals surface area (Å²) < 4.78 is 0. The normalized spacial score (nSPS) is 47.0. The fourth-order valence-electron chi connectivity index (χ4n) is 7.22. The molecule has 3 saturated carbocycles. The fraction of sp³-hybridized carbons (Fsp3) is 0.783. The molecule has 0 amide bonds. The van der Waals surface area contributed by atoms with Crippen molar-refractivity contribution >= 4 is 17.2 Å². The Bertz CT molecular complexity index is 797. The highest BCUT2D eigenvalue weighted by Gasteiger charge is 2.60. The number of Topliss-reactive ketones (excluding diaryl/α,β-unsaturated/α-hetero) is 1. The van der Waals surface area contributed by atoms with Crippen molar-refractivity contribution in [1.29, 1.82) is 0 Å². The van der Waals surface area contributed by atoms with Crippen molar-refractivity contribution in [2.75, 3.05) is 13.1 Å². The molecule has 1 aliphatic heterocycles. The first-order chi connectivity index (χ1) is 14.0. The number of allylic oxidation sites excluding steroid dienone is 2. The Hall–Kier alpha value is -1.69. The van der Waals surface area contributed by atoms with Gasteiger partial charge in [0.25, 0.3) is 0 Å². The summed E-state index contributed by atoms with van der Waals surface area (Å²) >= 11 is 0. The molecule has 0 unspecified atom stereocenters. The van der Waals surface area contributed by atoms with Crippen molar-refractivity contribution in [3.05, 3.63) is 11.6 Å². The van der Waals surface area contributed by atoms with E-state index in [1.807, 2.05) is 0 Å². The summed E-state index contributed by atoms with van der Waals surface area (Å²) in [7, 11) is 0. The smallest absolute Gasteiger partial charge is 0.141 e. The topological polar surface area (TPSA) is 83.3 Å². The molecule has 1 saturated heterocycles. The first-order valence-electron chi connectivity index (χ1n) is 11.4. The van der Waals surface area contributed by atoms with E-state index in [-0.39, 0.29) is 16.9 Å². The fourth-order valence-corrected chi connectivity index (χ4v) is 7.22. The van der Waals surface area contributed by atoms with Crippen LogP contribution >= 0.6 is 0 Å². The highest BCUT2D eigenvalue weighted by molar-refractivity contribution is 6.09. The van der Waals surface area contributed by atoms with Gasteiger partial charge in [0.15, 0.2) is 0 Å². The van der Waals surface area contributed by atoms with Crippen LogP contribution in [-0.2, 0) is 9.63 Å². The van der Waals surface area contributed by atoms with Crippen molar-refractivity contribution in [3.8, 4) is 0 Å². The summed E-state index contributed by atoms with van der Waals surface area (Å²) in [5, 5.41) is 21.4. The standard InChI is InChI=1S/C23H33N3O3/c1-22-8-5-14(26-29-15-7-10-24-13-15)11-19(22)20(25-28)12-16-17-3-4-21(27)23(17,2)9-6-18(16)22/h11,15-18,24,28H,3-10,12-13H2,1-2H3/b25-20+,26-14?/t15-,16-,17-,18-,22+,23-/m0/s1. The van der Waals surface area contributed by atoms with E-state index in [4.69, 9.17) is 4.84 Å². The minimum absolute atomic E-state index is 0.00855. The summed E-state index contributed by atoms with van der Waals surface area (Å²) in [6.45, 7) is 6.38. The van der Waals surface area contributed by atoms with Gasteiger partial charge in [-0.25, -0.2) is 0 Å². The molecule has 5 aliphatic rings. The van der Waals surface area contributed by atoms with Crippen molar-refractivity contribution in [3.63, 3.8) is 0 Å². The minimum atomic E-state index is -0.163. The molecule has 4 aliphatic carbocycles. The van der Waals surface area contributed by atoms with Gasteiger partial charge in [0.1, 0.15) is 11.9 Å². The molecule has 0 radical (unpaired) electrons. The predicted molar refractivity (Wildman–Crippen MR) is 111 cm³/mol. The molecule has 6 heteroatoms. The molecular formula is C23H33N3O3. The molecule has 6 nitrogen and oxygen atoms in total. The average molecular weight is 400 g/mol. The van der Waals surface area contributed by atoms with Crippen molar-refractivity contribution in [1.82, 2.24) is 5.32 Å². The number of ketones is 1. The first-order valence-corrected chi connectivity index (χ1v) is 11.4. The van der Waals surface area contributed by atoms with Gasteiger partial charge in [0.2, 0.25) is 0 Å². The molecule has 158 valence electrons. The zero-order valence-corrected chi connectivity index (χ0v) is 17.6. The van der Waals surface area contributed by atoms with Gasteiger partial charge in [-0.3, -0.25) is 4.79 Å². The van der Waals surface area contributed by atoms with E-state index in [2.05, 4.69) is 35.6 Å². The third-order valence-corrected chi connectivity index (χ3v) is 8.99. The zero-order chi connectivity index (χ0) is 20.2. The minimum Gasteiger partial charge on any atom is -0.411 e. The SMILES string of the molecule is C[C@]12CCC(=NO[C@H]3CCNC3)C=C1/C(=N/O)C[C@@H]1[C@@H]2CC[C@]2(C)C(=O)CC[C@@H]12. The predicted octanol–water partition coefficient (Wildman–Crippen LogP) is 3.69. The van der Waals surface area contributed by atoms with E-state index in [0.29, 0.717) is 23.5 Å². The molecule has 5 rings (SSSR count). The Kier molecular flexibility index (Phi) is 4.61. The van der Waals surface area contributed by atoms with Gasteiger partial charge in [-0.05, 0) is 79.9 Å². The Morgan fingerprint density at radius 1 is 1.14 bits per heavy atom.